The average molecular weight is 282 g/mol. The fourth-order valence-corrected chi connectivity index (χ4v) is 3.56. The Morgan fingerprint density at radius 3 is 2.09 bits per heavy atom. The van der Waals surface area contributed by atoms with Gasteiger partial charge >= 0.3 is 0 Å². The first-order valence-corrected chi connectivity index (χ1v) is 7.21. The van der Waals surface area contributed by atoms with Gasteiger partial charge in [0, 0.05) is 11.1 Å². The molecule has 0 saturated heterocycles. The third-order valence-electron chi connectivity index (χ3n) is 4.54. The molecule has 0 unspecified atom stereocenters. The van der Waals surface area contributed by atoms with Gasteiger partial charge in [-0.2, -0.15) is 0 Å². The van der Waals surface area contributed by atoms with Gasteiger partial charge in [-0.15, -0.1) is 0 Å². The van der Waals surface area contributed by atoms with Crippen molar-refractivity contribution in [2.45, 2.75) is 0 Å². The molecule has 5 rings (SSSR count). The summed E-state index contributed by atoms with van der Waals surface area (Å²) in [6.07, 6.45) is 1.49. The first-order chi connectivity index (χ1) is 10.7. The molecule has 0 heterocycles. The topological polar surface area (TPSA) is 34.1 Å². The standard InChI is InChI=1S/C20H10O2/c21-18-10-17-16-9-12-5-2-1-4-11(12)8-15(16)13-6-3-7-14(19(13)17)20(18)22/h1-10H. The van der Waals surface area contributed by atoms with Crippen molar-refractivity contribution < 1.29 is 9.59 Å². The van der Waals surface area contributed by atoms with Crippen LogP contribution in [0.15, 0.2) is 60.7 Å². The molecular formula is C20H10O2. The normalized spacial score (nSPS) is 14.8. The molecule has 0 aliphatic heterocycles. The highest BCUT2D eigenvalue weighted by Crippen LogP contribution is 2.48. The fourth-order valence-electron chi connectivity index (χ4n) is 3.56. The Bertz CT molecular complexity index is 1050. The van der Waals surface area contributed by atoms with Gasteiger partial charge in [-0.1, -0.05) is 42.5 Å². The smallest absolute Gasteiger partial charge is 0.233 e. The van der Waals surface area contributed by atoms with Crippen LogP contribution in [-0.2, 0) is 4.79 Å². The summed E-state index contributed by atoms with van der Waals surface area (Å²) < 4.78 is 0. The molecule has 0 bridgehead atoms. The second-order valence-corrected chi connectivity index (χ2v) is 5.72. The minimum absolute atomic E-state index is 0.405. The number of hydrogen-bond donors (Lipinski definition) is 0. The molecular weight excluding hydrogens is 272 g/mol. The molecule has 0 amide bonds. The Kier molecular flexibility index (Phi) is 2.01. The number of ketones is 2. The fraction of sp³-hybridized carbons (Fsp3) is 0. The number of benzene rings is 3. The predicted molar refractivity (Wildman–Crippen MR) is 85.8 cm³/mol. The zero-order valence-corrected chi connectivity index (χ0v) is 11.6. The molecule has 0 N–H and O–H groups in total. The maximum Gasteiger partial charge on any atom is 0.233 e. The molecule has 0 saturated carbocycles. The summed E-state index contributed by atoms with van der Waals surface area (Å²) in [6.45, 7) is 0. The van der Waals surface area contributed by atoms with E-state index in [0.717, 1.165) is 38.6 Å². The summed E-state index contributed by atoms with van der Waals surface area (Å²) in [5.41, 5.74) is 5.52. The van der Waals surface area contributed by atoms with Crippen molar-refractivity contribution in [1.29, 1.82) is 0 Å². The molecule has 3 aromatic carbocycles. The van der Waals surface area contributed by atoms with E-state index in [-0.39, 0.29) is 0 Å². The van der Waals surface area contributed by atoms with Gasteiger partial charge in [-0.25, -0.2) is 0 Å². The van der Waals surface area contributed by atoms with E-state index in [9.17, 15) is 9.59 Å². The minimum Gasteiger partial charge on any atom is -0.286 e. The highest BCUT2D eigenvalue weighted by atomic mass is 16.2. The van der Waals surface area contributed by atoms with Gasteiger partial charge in [-0.05, 0) is 51.2 Å². The maximum atomic E-state index is 12.1. The Morgan fingerprint density at radius 1 is 0.636 bits per heavy atom. The number of Topliss-reactive ketones (excluding diaryl/α,β-unsaturated/α-hetero) is 1. The van der Waals surface area contributed by atoms with Crippen molar-refractivity contribution in [3.8, 4) is 11.1 Å². The summed E-state index contributed by atoms with van der Waals surface area (Å²) in [7, 11) is 0. The molecule has 0 atom stereocenters. The third kappa shape index (κ3) is 1.29. The number of carbonyl (C=O) groups is 2. The molecule has 0 radical (unpaired) electrons. The molecule has 22 heavy (non-hydrogen) atoms. The van der Waals surface area contributed by atoms with Crippen LogP contribution in [0.1, 0.15) is 21.5 Å². The molecule has 2 heteroatoms. The van der Waals surface area contributed by atoms with E-state index >= 15 is 0 Å². The number of allylic oxidation sites excluding steroid dienone is 1. The summed E-state index contributed by atoms with van der Waals surface area (Å²) in [6, 6.07) is 18.1. The molecule has 2 nitrogen and oxygen atoms in total. The second-order valence-electron chi connectivity index (χ2n) is 5.72. The molecule has 3 aromatic rings. The van der Waals surface area contributed by atoms with E-state index < -0.39 is 11.6 Å². The Hall–Kier alpha value is -3.00. The number of fused-ring (bicyclic) bond motifs is 4. The minimum atomic E-state index is -0.430. The summed E-state index contributed by atoms with van der Waals surface area (Å²) in [4.78, 5) is 24.1. The molecule has 2 aliphatic carbocycles. The lowest BCUT2D eigenvalue weighted by molar-refractivity contribution is -0.110. The van der Waals surface area contributed by atoms with Gasteiger partial charge in [0.1, 0.15) is 0 Å². The van der Waals surface area contributed by atoms with Crippen LogP contribution in [0.5, 0.6) is 0 Å². The SMILES string of the molecule is O=C1C=C2c3cc4ccccc4cc3-c3cccc(c32)C1=O. The first-order valence-electron chi connectivity index (χ1n) is 7.21. The highest BCUT2D eigenvalue weighted by Gasteiger charge is 2.34. The number of hydrogen-bond acceptors (Lipinski definition) is 2. The molecule has 0 spiro atoms. The van der Waals surface area contributed by atoms with E-state index in [1.165, 1.54) is 6.08 Å². The van der Waals surface area contributed by atoms with Gasteiger partial charge in [-0.3, -0.25) is 9.59 Å². The zero-order chi connectivity index (χ0) is 14.8. The van der Waals surface area contributed by atoms with E-state index in [1.807, 2.05) is 24.3 Å². The largest absolute Gasteiger partial charge is 0.286 e. The zero-order valence-electron chi connectivity index (χ0n) is 11.6. The summed E-state index contributed by atoms with van der Waals surface area (Å²) >= 11 is 0. The second kappa shape index (κ2) is 3.80. The van der Waals surface area contributed by atoms with Crippen LogP contribution in [-0.4, -0.2) is 11.6 Å². The lowest BCUT2D eigenvalue weighted by Gasteiger charge is -2.12. The van der Waals surface area contributed by atoms with Crippen molar-refractivity contribution in [2.75, 3.05) is 0 Å². The lowest BCUT2D eigenvalue weighted by Crippen LogP contribution is -2.17. The van der Waals surface area contributed by atoms with Crippen LogP contribution in [0, 0.1) is 0 Å². The first kappa shape index (κ1) is 11.6. The van der Waals surface area contributed by atoms with Crippen molar-refractivity contribution in [3.63, 3.8) is 0 Å². The molecule has 0 aromatic heterocycles. The van der Waals surface area contributed by atoms with E-state index in [2.05, 4.69) is 24.3 Å². The van der Waals surface area contributed by atoms with E-state index in [0.29, 0.717) is 5.56 Å². The summed E-state index contributed by atoms with van der Waals surface area (Å²) in [5, 5.41) is 2.30. The maximum absolute atomic E-state index is 12.1. The number of carbonyl (C=O) groups excluding carboxylic acids is 2. The van der Waals surface area contributed by atoms with Gasteiger partial charge in [0.15, 0.2) is 0 Å². The van der Waals surface area contributed by atoms with Gasteiger partial charge in [0.05, 0.1) is 0 Å². The monoisotopic (exact) mass is 282 g/mol. The molecule has 2 aliphatic rings. The lowest BCUT2D eigenvalue weighted by atomic mass is 9.88. The van der Waals surface area contributed by atoms with Crippen LogP contribution in [0.2, 0.25) is 0 Å². The van der Waals surface area contributed by atoms with E-state index in [4.69, 9.17) is 0 Å². The Labute approximate surface area is 126 Å². The van der Waals surface area contributed by atoms with Crippen LogP contribution in [0.25, 0.3) is 27.5 Å². The van der Waals surface area contributed by atoms with Crippen molar-refractivity contribution in [2.24, 2.45) is 0 Å². The average Bonchev–Trinajstić information content (AvgIpc) is 2.85. The van der Waals surface area contributed by atoms with Crippen LogP contribution < -0.4 is 0 Å². The van der Waals surface area contributed by atoms with Crippen LogP contribution >= 0.6 is 0 Å². The molecule has 0 fully saturated rings. The van der Waals surface area contributed by atoms with Gasteiger partial charge in [0.2, 0.25) is 11.6 Å². The molecule has 102 valence electrons. The Balaban J connectivity index is 1.96. The summed E-state index contributed by atoms with van der Waals surface area (Å²) in [5.74, 6) is -0.835. The predicted octanol–water partition coefficient (Wildman–Crippen LogP) is 4.02. The Morgan fingerprint density at radius 2 is 1.32 bits per heavy atom. The quantitative estimate of drug-likeness (QED) is 0.456. The van der Waals surface area contributed by atoms with Gasteiger partial charge in [0.25, 0.3) is 0 Å². The van der Waals surface area contributed by atoms with Crippen molar-refractivity contribution in [1.82, 2.24) is 0 Å². The van der Waals surface area contributed by atoms with Crippen molar-refractivity contribution in [3.05, 3.63) is 77.4 Å². The van der Waals surface area contributed by atoms with Crippen LogP contribution in [0.3, 0.4) is 0 Å². The van der Waals surface area contributed by atoms with Crippen molar-refractivity contribution >= 4 is 27.9 Å². The number of rotatable bonds is 0. The van der Waals surface area contributed by atoms with Crippen LogP contribution in [0.4, 0.5) is 0 Å². The van der Waals surface area contributed by atoms with Gasteiger partial charge < -0.3 is 0 Å². The van der Waals surface area contributed by atoms with E-state index in [1.54, 1.807) is 6.07 Å². The highest BCUT2D eigenvalue weighted by molar-refractivity contribution is 6.51. The third-order valence-corrected chi connectivity index (χ3v) is 4.54.